The molecule has 0 spiro atoms. The fourth-order valence-electron chi connectivity index (χ4n) is 1.74. The third-order valence-electron chi connectivity index (χ3n) is 2.73. The van der Waals surface area contributed by atoms with Crippen LogP contribution < -0.4 is 4.74 Å². The second kappa shape index (κ2) is 7.10. The molecule has 0 saturated carbocycles. The van der Waals surface area contributed by atoms with E-state index < -0.39 is 0 Å². The molecule has 0 N–H and O–H groups in total. The standard InChI is InChI=1S/C15H15N3O3/c1-2-20-15(19)13-10-17-18(11-13)7-8-21-14-6-4-3-5-12(14)9-16/h3-6,10-11H,2,7-8H2,1H3. The van der Waals surface area contributed by atoms with Gasteiger partial charge in [0.15, 0.2) is 0 Å². The number of nitriles is 1. The van der Waals surface area contributed by atoms with E-state index in [9.17, 15) is 4.79 Å². The Morgan fingerprint density at radius 3 is 3.00 bits per heavy atom. The van der Waals surface area contributed by atoms with Crippen LogP contribution in [0.3, 0.4) is 0 Å². The van der Waals surface area contributed by atoms with E-state index in [1.54, 1.807) is 36.0 Å². The molecule has 0 amide bonds. The molecular weight excluding hydrogens is 270 g/mol. The van der Waals surface area contributed by atoms with Gasteiger partial charge in [0.25, 0.3) is 0 Å². The minimum atomic E-state index is -0.389. The monoisotopic (exact) mass is 285 g/mol. The van der Waals surface area contributed by atoms with Crippen molar-refractivity contribution in [3.05, 3.63) is 47.8 Å². The summed E-state index contributed by atoms with van der Waals surface area (Å²) in [5.41, 5.74) is 0.902. The number of para-hydroxylation sites is 1. The maximum atomic E-state index is 11.5. The molecule has 0 unspecified atom stereocenters. The van der Waals surface area contributed by atoms with Crippen LogP contribution in [0.5, 0.6) is 5.75 Å². The second-order valence-corrected chi connectivity index (χ2v) is 4.17. The van der Waals surface area contributed by atoms with E-state index in [1.165, 1.54) is 6.20 Å². The Morgan fingerprint density at radius 1 is 1.43 bits per heavy atom. The summed E-state index contributed by atoms with van der Waals surface area (Å²) in [5, 5.41) is 13.0. The average Bonchev–Trinajstić information content (AvgIpc) is 2.97. The average molecular weight is 285 g/mol. The zero-order chi connectivity index (χ0) is 15.1. The molecule has 1 aromatic carbocycles. The normalized spacial score (nSPS) is 9.90. The SMILES string of the molecule is CCOC(=O)c1cnn(CCOc2ccccc2C#N)c1. The van der Waals surface area contributed by atoms with Gasteiger partial charge in [-0.3, -0.25) is 4.68 Å². The van der Waals surface area contributed by atoms with E-state index in [0.29, 0.717) is 36.6 Å². The number of esters is 1. The third-order valence-corrected chi connectivity index (χ3v) is 2.73. The van der Waals surface area contributed by atoms with Crippen LogP contribution in [0.25, 0.3) is 0 Å². The lowest BCUT2D eigenvalue weighted by Crippen LogP contribution is -2.09. The lowest BCUT2D eigenvalue weighted by Gasteiger charge is -2.07. The molecule has 6 heteroatoms. The van der Waals surface area contributed by atoms with Crippen LogP contribution in [0.2, 0.25) is 0 Å². The van der Waals surface area contributed by atoms with E-state index in [0.717, 1.165) is 0 Å². The fraction of sp³-hybridized carbons (Fsp3) is 0.267. The number of aromatic nitrogens is 2. The van der Waals surface area contributed by atoms with Gasteiger partial charge in [0, 0.05) is 6.20 Å². The first kappa shape index (κ1) is 14.6. The highest BCUT2D eigenvalue weighted by Crippen LogP contribution is 2.16. The van der Waals surface area contributed by atoms with E-state index in [1.807, 2.05) is 6.07 Å². The van der Waals surface area contributed by atoms with Crippen LogP contribution in [0, 0.1) is 11.3 Å². The van der Waals surface area contributed by atoms with Crippen molar-refractivity contribution < 1.29 is 14.3 Å². The van der Waals surface area contributed by atoms with E-state index in [2.05, 4.69) is 11.2 Å². The number of hydrogen-bond donors (Lipinski definition) is 0. The minimum Gasteiger partial charge on any atom is -0.490 e. The van der Waals surface area contributed by atoms with Crippen molar-refractivity contribution in [2.24, 2.45) is 0 Å². The number of hydrogen-bond acceptors (Lipinski definition) is 5. The molecule has 0 aliphatic carbocycles. The zero-order valence-corrected chi connectivity index (χ0v) is 11.7. The highest BCUT2D eigenvalue weighted by Gasteiger charge is 2.09. The summed E-state index contributed by atoms with van der Waals surface area (Å²) < 4.78 is 12.0. The van der Waals surface area contributed by atoms with Crippen molar-refractivity contribution in [1.82, 2.24) is 9.78 Å². The molecule has 2 rings (SSSR count). The third kappa shape index (κ3) is 3.83. The van der Waals surface area contributed by atoms with Gasteiger partial charge in [0.1, 0.15) is 18.4 Å². The van der Waals surface area contributed by atoms with Crippen molar-refractivity contribution >= 4 is 5.97 Å². The first-order valence-corrected chi connectivity index (χ1v) is 6.56. The number of benzene rings is 1. The summed E-state index contributed by atoms with van der Waals surface area (Å²) in [7, 11) is 0. The summed E-state index contributed by atoms with van der Waals surface area (Å²) in [6, 6.07) is 9.10. The lowest BCUT2D eigenvalue weighted by atomic mass is 10.2. The van der Waals surface area contributed by atoms with E-state index in [-0.39, 0.29) is 5.97 Å². The van der Waals surface area contributed by atoms with Gasteiger partial charge in [-0.2, -0.15) is 10.4 Å². The number of carbonyl (C=O) groups excluding carboxylic acids is 1. The van der Waals surface area contributed by atoms with Crippen molar-refractivity contribution in [2.75, 3.05) is 13.2 Å². The molecule has 1 heterocycles. The maximum Gasteiger partial charge on any atom is 0.341 e. The fourth-order valence-corrected chi connectivity index (χ4v) is 1.74. The topological polar surface area (TPSA) is 77.1 Å². The Bertz CT molecular complexity index is 658. The molecular formula is C15H15N3O3. The van der Waals surface area contributed by atoms with Gasteiger partial charge in [-0.05, 0) is 19.1 Å². The molecule has 1 aromatic heterocycles. The Balaban J connectivity index is 1.89. The van der Waals surface area contributed by atoms with Crippen LogP contribution in [0.1, 0.15) is 22.8 Å². The van der Waals surface area contributed by atoms with Crippen molar-refractivity contribution in [3.63, 3.8) is 0 Å². The number of nitrogens with zero attached hydrogens (tertiary/aromatic N) is 3. The Morgan fingerprint density at radius 2 is 2.24 bits per heavy atom. The number of carbonyl (C=O) groups is 1. The quantitative estimate of drug-likeness (QED) is 0.759. The van der Waals surface area contributed by atoms with Gasteiger partial charge < -0.3 is 9.47 Å². The Labute approximate surface area is 122 Å². The summed E-state index contributed by atoms with van der Waals surface area (Å²) in [6.07, 6.45) is 3.07. The van der Waals surface area contributed by atoms with Gasteiger partial charge in [0.05, 0.1) is 30.5 Å². The molecule has 108 valence electrons. The van der Waals surface area contributed by atoms with Crippen LogP contribution in [-0.2, 0) is 11.3 Å². The molecule has 0 fully saturated rings. The summed E-state index contributed by atoms with van der Waals surface area (Å²) in [5.74, 6) is 0.150. The van der Waals surface area contributed by atoms with Gasteiger partial charge >= 0.3 is 5.97 Å². The summed E-state index contributed by atoms with van der Waals surface area (Å²) in [6.45, 7) is 2.91. The van der Waals surface area contributed by atoms with Crippen molar-refractivity contribution in [2.45, 2.75) is 13.5 Å². The van der Waals surface area contributed by atoms with Crippen molar-refractivity contribution in [1.29, 1.82) is 5.26 Å². The second-order valence-electron chi connectivity index (χ2n) is 4.17. The van der Waals surface area contributed by atoms with Gasteiger partial charge in [0.2, 0.25) is 0 Å². The highest BCUT2D eigenvalue weighted by atomic mass is 16.5. The maximum absolute atomic E-state index is 11.5. The highest BCUT2D eigenvalue weighted by molar-refractivity contribution is 5.88. The molecule has 0 saturated heterocycles. The number of rotatable bonds is 6. The molecule has 0 atom stereocenters. The molecule has 0 bridgehead atoms. The summed E-state index contributed by atoms with van der Waals surface area (Å²) >= 11 is 0. The van der Waals surface area contributed by atoms with E-state index in [4.69, 9.17) is 14.7 Å². The Kier molecular flexibility index (Phi) is 4.94. The molecule has 21 heavy (non-hydrogen) atoms. The molecule has 0 aliphatic heterocycles. The van der Waals surface area contributed by atoms with Crippen LogP contribution in [0.15, 0.2) is 36.7 Å². The number of ether oxygens (including phenoxy) is 2. The van der Waals surface area contributed by atoms with Crippen molar-refractivity contribution in [3.8, 4) is 11.8 Å². The molecule has 0 radical (unpaired) electrons. The Hall–Kier alpha value is -2.81. The molecule has 0 aliphatic rings. The van der Waals surface area contributed by atoms with Crippen LogP contribution in [-0.4, -0.2) is 29.0 Å². The van der Waals surface area contributed by atoms with Crippen LogP contribution in [0.4, 0.5) is 0 Å². The lowest BCUT2D eigenvalue weighted by molar-refractivity contribution is 0.0526. The molecule has 6 nitrogen and oxygen atoms in total. The first-order chi connectivity index (χ1) is 10.2. The summed E-state index contributed by atoms with van der Waals surface area (Å²) in [4.78, 5) is 11.5. The van der Waals surface area contributed by atoms with Crippen LogP contribution >= 0.6 is 0 Å². The zero-order valence-electron chi connectivity index (χ0n) is 11.7. The predicted molar refractivity (Wildman–Crippen MR) is 74.8 cm³/mol. The predicted octanol–water partition coefficient (Wildman–Crippen LogP) is 2.01. The first-order valence-electron chi connectivity index (χ1n) is 6.56. The van der Waals surface area contributed by atoms with Gasteiger partial charge in [-0.15, -0.1) is 0 Å². The largest absolute Gasteiger partial charge is 0.490 e. The minimum absolute atomic E-state index is 0.331. The van der Waals surface area contributed by atoms with Gasteiger partial charge in [-0.25, -0.2) is 4.79 Å². The van der Waals surface area contributed by atoms with Gasteiger partial charge in [-0.1, -0.05) is 12.1 Å². The smallest absolute Gasteiger partial charge is 0.341 e. The molecule has 2 aromatic rings. The van der Waals surface area contributed by atoms with E-state index >= 15 is 0 Å².